The van der Waals surface area contributed by atoms with Crippen LogP contribution in [0.3, 0.4) is 0 Å². The average molecular weight is 378 g/mol. The largest absolute Gasteiger partial charge is 0.489 e. The lowest BCUT2D eigenvalue weighted by molar-refractivity contribution is -0.134. The molecule has 8 heteroatoms. The first-order chi connectivity index (χ1) is 12.8. The summed E-state index contributed by atoms with van der Waals surface area (Å²) in [6.07, 6.45) is 3.29. The number of carboxylic acid groups (broad SMARTS) is 2. The fourth-order valence-electron chi connectivity index (χ4n) is 2.33. The summed E-state index contributed by atoms with van der Waals surface area (Å²) in [6.45, 7) is 5.86. The van der Waals surface area contributed by atoms with Crippen molar-refractivity contribution in [1.82, 2.24) is 10.6 Å². The van der Waals surface area contributed by atoms with Gasteiger partial charge in [0.1, 0.15) is 11.9 Å². The molecule has 0 unspecified atom stereocenters. The Kier molecular flexibility index (Phi) is 9.60. The molecule has 1 aliphatic rings. The van der Waals surface area contributed by atoms with Crippen molar-refractivity contribution < 1.29 is 29.3 Å². The highest BCUT2D eigenvalue weighted by Crippen LogP contribution is 2.21. The Bertz CT molecular complexity index is 650. The third kappa shape index (κ3) is 9.41. The Morgan fingerprint density at radius 1 is 1.11 bits per heavy atom. The number of para-hydroxylation sites is 1. The second-order valence-electron chi connectivity index (χ2n) is 6.20. The van der Waals surface area contributed by atoms with Crippen LogP contribution in [0.1, 0.15) is 37.0 Å². The second kappa shape index (κ2) is 11.7. The van der Waals surface area contributed by atoms with Gasteiger partial charge in [0.2, 0.25) is 0 Å². The van der Waals surface area contributed by atoms with E-state index in [-0.39, 0.29) is 18.1 Å². The summed E-state index contributed by atoms with van der Waals surface area (Å²) < 4.78 is 5.99. The lowest BCUT2D eigenvalue weighted by Crippen LogP contribution is -2.35. The SMILES string of the molecule is CC(C)NC(=O)c1ccccc1OC1CCNCC1.O=C(O)/C=C\C(=O)O. The molecule has 1 saturated heterocycles. The second-order valence-corrected chi connectivity index (χ2v) is 6.20. The number of hydrogen-bond donors (Lipinski definition) is 4. The molecule has 0 saturated carbocycles. The van der Waals surface area contributed by atoms with Gasteiger partial charge in [-0.05, 0) is 51.9 Å². The molecule has 0 spiro atoms. The zero-order valence-electron chi connectivity index (χ0n) is 15.5. The molecule has 1 aliphatic heterocycles. The zero-order valence-corrected chi connectivity index (χ0v) is 15.5. The van der Waals surface area contributed by atoms with Gasteiger partial charge in [-0.3, -0.25) is 4.79 Å². The summed E-state index contributed by atoms with van der Waals surface area (Å²) in [7, 11) is 0. The van der Waals surface area contributed by atoms with Gasteiger partial charge in [-0.15, -0.1) is 0 Å². The number of carbonyl (C=O) groups excluding carboxylic acids is 1. The predicted molar refractivity (Wildman–Crippen MR) is 100.0 cm³/mol. The molecule has 0 atom stereocenters. The van der Waals surface area contributed by atoms with E-state index in [0.29, 0.717) is 23.5 Å². The summed E-state index contributed by atoms with van der Waals surface area (Å²) >= 11 is 0. The van der Waals surface area contributed by atoms with Crippen LogP contribution in [0.4, 0.5) is 0 Å². The average Bonchev–Trinajstić information content (AvgIpc) is 2.61. The highest BCUT2D eigenvalue weighted by Gasteiger charge is 2.18. The van der Waals surface area contributed by atoms with Crippen molar-refractivity contribution in [2.75, 3.05) is 13.1 Å². The lowest BCUT2D eigenvalue weighted by Gasteiger charge is -2.25. The van der Waals surface area contributed by atoms with Gasteiger partial charge >= 0.3 is 11.9 Å². The highest BCUT2D eigenvalue weighted by atomic mass is 16.5. The Labute approximate surface area is 158 Å². The predicted octanol–water partition coefficient (Wildman–Crippen LogP) is 1.67. The molecule has 0 aromatic heterocycles. The normalized spacial score (nSPS) is 14.3. The maximum atomic E-state index is 12.1. The number of benzene rings is 1. The van der Waals surface area contributed by atoms with Crippen LogP contribution in [-0.2, 0) is 9.59 Å². The molecule has 27 heavy (non-hydrogen) atoms. The van der Waals surface area contributed by atoms with Crippen molar-refractivity contribution >= 4 is 17.8 Å². The molecule has 1 amide bonds. The molecule has 1 heterocycles. The smallest absolute Gasteiger partial charge is 0.328 e. The molecule has 1 aromatic rings. The van der Waals surface area contributed by atoms with Crippen LogP contribution in [0.25, 0.3) is 0 Å². The third-order valence-corrected chi connectivity index (χ3v) is 3.50. The van der Waals surface area contributed by atoms with E-state index in [1.165, 1.54) is 0 Å². The Hall–Kier alpha value is -2.87. The van der Waals surface area contributed by atoms with Crippen molar-refractivity contribution in [2.24, 2.45) is 0 Å². The van der Waals surface area contributed by atoms with Crippen molar-refractivity contribution in [3.63, 3.8) is 0 Å². The van der Waals surface area contributed by atoms with E-state index in [0.717, 1.165) is 25.9 Å². The van der Waals surface area contributed by atoms with Gasteiger partial charge in [-0.1, -0.05) is 12.1 Å². The first kappa shape index (κ1) is 22.2. The molecule has 8 nitrogen and oxygen atoms in total. The Morgan fingerprint density at radius 2 is 1.67 bits per heavy atom. The number of aliphatic carboxylic acids is 2. The molecular formula is C19H26N2O6. The summed E-state index contributed by atoms with van der Waals surface area (Å²) in [4.78, 5) is 31.2. The minimum atomic E-state index is -1.26. The van der Waals surface area contributed by atoms with Crippen LogP contribution in [0, 0.1) is 0 Å². The third-order valence-electron chi connectivity index (χ3n) is 3.50. The molecule has 1 fully saturated rings. The standard InChI is InChI=1S/C15H22N2O2.C4H4O4/c1-11(2)17-15(18)13-5-3-4-6-14(13)19-12-7-9-16-10-8-12;5-3(6)1-2-4(7)8/h3-6,11-12,16H,7-10H2,1-2H3,(H,17,18);1-2H,(H,5,6)(H,7,8)/b;2-1-. The molecular weight excluding hydrogens is 352 g/mol. The van der Waals surface area contributed by atoms with Crippen LogP contribution < -0.4 is 15.4 Å². The number of hydrogen-bond acceptors (Lipinski definition) is 5. The van der Waals surface area contributed by atoms with E-state index in [1.807, 2.05) is 38.1 Å². The van der Waals surface area contributed by atoms with Gasteiger partial charge in [-0.2, -0.15) is 0 Å². The molecule has 0 radical (unpaired) electrons. The van der Waals surface area contributed by atoms with Gasteiger partial charge in [0.15, 0.2) is 0 Å². The highest BCUT2D eigenvalue weighted by molar-refractivity contribution is 5.97. The zero-order chi connectivity index (χ0) is 20.2. The number of ether oxygens (including phenoxy) is 1. The number of rotatable bonds is 6. The van der Waals surface area contributed by atoms with E-state index >= 15 is 0 Å². The number of amides is 1. The van der Waals surface area contributed by atoms with Crippen LogP contribution in [-0.4, -0.2) is 53.3 Å². The molecule has 1 aromatic carbocycles. The minimum Gasteiger partial charge on any atom is -0.489 e. The summed E-state index contributed by atoms with van der Waals surface area (Å²) in [6, 6.07) is 7.58. The van der Waals surface area contributed by atoms with Gasteiger partial charge in [0.05, 0.1) is 5.56 Å². The van der Waals surface area contributed by atoms with Gasteiger partial charge < -0.3 is 25.6 Å². The number of carbonyl (C=O) groups is 3. The van der Waals surface area contributed by atoms with Crippen molar-refractivity contribution in [3.8, 4) is 5.75 Å². The number of nitrogens with one attached hydrogen (secondary N) is 2. The van der Waals surface area contributed by atoms with Crippen LogP contribution in [0.5, 0.6) is 5.75 Å². The fraction of sp³-hybridized carbons (Fsp3) is 0.421. The fourth-order valence-corrected chi connectivity index (χ4v) is 2.33. The van der Waals surface area contributed by atoms with Crippen molar-refractivity contribution in [3.05, 3.63) is 42.0 Å². The Morgan fingerprint density at radius 3 is 2.19 bits per heavy atom. The monoisotopic (exact) mass is 378 g/mol. The maximum absolute atomic E-state index is 12.1. The summed E-state index contributed by atoms with van der Waals surface area (Å²) in [5.41, 5.74) is 0.620. The first-order valence-electron chi connectivity index (χ1n) is 8.70. The van der Waals surface area contributed by atoms with E-state index in [1.54, 1.807) is 0 Å². The van der Waals surface area contributed by atoms with Crippen molar-refractivity contribution in [2.45, 2.75) is 38.8 Å². The number of piperidine rings is 1. The van der Waals surface area contributed by atoms with Gasteiger partial charge in [0.25, 0.3) is 5.91 Å². The van der Waals surface area contributed by atoms with Crippen LogP contribution in [0.15, 0.2) is 36.4 Å². The van der Waals surface area contributed by atoms with Crippen molar-refractivity contribution in [1.29, 1.82) is 0 Å². The molecule has 148 valence electrons. The van der Waals surface area contributed by atoms with E-state index in [9.17, 15) is 14.4 Å². The summed E-state index contributed by atoms with van der Waals surface area (Å²) in [5.74, 6) is -1.90. The van der Waals surface area contributed by atoms with Crippen LogP contribution >= 0.6 is 0 Å². The molecule has 2 rings (SSSR count). The number of carboxylic acids is 2. The van der Waals surface area contributed by atoms with Gasteiger partial charge in [-0.25, -0.2) is 9.59 Å². The summed E-state index contributed by atoms with van der Waals surface area (Å²) in [5, 5.41) is 21.8. The lowest BCUT2D eigenvalue weighted by atomic mass is 10.1. The Balaban J connectivity index is 0.000000387. The van der Waals surface area contributed by atoms with E-state index in [4.69, 9.17) is 14.9 Å². The minimum absolute atomic E-state index is 0.0699. The van der Waals surface area contributed by atoms with Gasteiger partial charge in [0, 0.05) is 18.2 Å². The maximum Gasteiger partial charge on any atom is 0.328 e. The van der Waals surface area contributed by atoms with E-state index < -0.39 is 11.9 Å². The molecule has 4 N–H and O–H groups in total. The molecule has 0 bridgehead atoms. The quantitative estimate of drug-likeness (QED) is 0.555. The van der Waals surface area contributed by atoms with Crippen LogP contribution in [0.2, 0.25) is 0 Å². The first-order valence-corrected chi connectivity index (χ1v) is 8.70. The van der Waals surface area contributed by atoms with E-state index in [2.05, 4.69) is 10.6 Å². The topological polar surface area (TPSA) is 125 Å². The molecule has 0 aliphatic carbocycles.